The van der Waals surface area contributed by atoms with Crippen LogP contribution in [0.2, 0.25) is 5.02 Å². The van der Waals surface area contributed by atoms with Crippen LogP contribution >= 0.6 is 11.6 Å². The highest BCUT2D eigenvalue weighted by Crippen LogP contribution is 2.27. The Morgan fingerprint density at radius 3 is 2.35 bits per heavy atom. The third-order valence-corrected chi connectivity index (χ3v) is 3.53. The highest BCUT2D eigenvalue weighted by molar-refractivity contribution is 6.33. The number of carbonyl (C=O) groups is 1. The van der Waals surface area contributed by atoms with Crippen LogP contribution in [0.4, 0.5) is 5.69 Å². The fourth-order valence-corrected chi connectivity index (χ4v) is 2.08. The topological polar surface area (TPSA) is 52.3 Å². The Balaban J connectivity index is 1.80. The Kier molecular flexibility index (Phi) is 3.36. The number of anilines is 1. The highest BCUT2D eigenvalue weighted by Gasteiger charge is 2.23. The van der Waals surface area contributed by atoms with Crippen LogP contribution in [0, 0.1) is 0 Å². The molecular weight excluding hydrogens is 274 g/mol. The molecule has 3 rings (SSSR count). The SMILES string of the molecule is Nc1ccc(C(=O)c2ccc(OC3CC3)cc2)cc1Cl. The van der Waals surface area contributed by atoms with Gasteiger partial charge in [0.25, 0.3) is 0 Å². The smallest absolute Gasteiger partial charge is 0.193 e. The number of hydrogen-bond donors (Lipinski definition) is 1. The first-order valence-electron chi connectivity index (χ1n) is 6.50. The normalized spacial score (nSPS) is 14.1. The molecule has 0 spiro atoms. The molecule has 2 N–H and O–H groups in total. The van der Waals surface area contributed by atoms with Gasteiger partial charge in [-0.2, -0.15) is 0 Å². The molecule has 20 heavy (non-hydrogen) atoms. The Morgan fingerprint density at radius 1 is 1.10 bits per heavy atom. The number of nitrogens with two attached hydrogens (primary N) is 1. The average molecular weight is 288 g/mol. The quantitative estimate of drug-likeness (QED) is 0.689. The van der Waals surface area contributed by atoms with Crippen LogP contribution in [0.15, 0.2) is 42.5 Å². The molecule has 0 aliphatic heterocycles. The molecule has 0 radical (unpaired) electrons. The minimum Gasteiger partial charge on any atom is -0.490 e. The van der Waals surface area contributed by atoms with E-state index in [1.807, 2.05) is 12.1 Å². The maximum Gasteiger partial charge on any atom is 0.193 e. The van der Waals surface area contributed by atoms with Crippen molar-refractivity contribution < 1.29 is 9.53 Å². The van der Waals surface area contributed by atoms with Crippen molar-refractivity contribution in [2.24, 2.45) is 0 Å². The van der Waals surface area contributed by atoms with E-state index in [4.69, 9.17) is 22.1 Å². The van der Waals surface area contributed by atoms with Crippen molar-refractivity contribution in [1.29, 1.82) is 0 Å². The molecule has 1 saturated carbocycles. The van der Waals surface area contributed by atoms with Crippen molar-refractivity contribution in [3.05, 3.63) is 58.6 Å². The van der Waals surface area contributed by atoms with Crippen molar-refractivity contribution in [1.82, 2.24) is 0 Å². The van der Waals surface area contributed by atoms with E-state index in [0.29, 0.717) is 27.9 Å². The Bertz CT molecular complexity index is 648. The number of halogens is 1. The zero-order valence-electron chi connectivity index (χ0n) is 10.8. The van der Waals surface area contributed by atoms with Crippen LogP contribution in [0.3, 0.4) is 0 Å². The summed E-state index contributed by atoms with van der Waals surface area (Å²) in [4.78, 5) is 12.3. The van der Waals surface area contributed by atoms with E-state index in [0.717, 1.165) is 18.6 Å². The average Bonchev–Trinajstić information content (AvgIpc) is 3.26. The summed E-state index contributed by atoms with van der Waals surface area (Å²) in [5, 5.41) is 0.393. The summed E-state index contributed by atoms with van der Waals surface area (Å²) in [6.07, 6.45) is 2.59. The van der Waals surface area contributed by atoms with Crippen molar-refractivity contribution in [3.63, 3.8) is 0 Å². The number of ether oxygens (including phenoxy) is 1. The van der Waals surface area contributed by atoms with Gasteiger partial charge >= 0.3 is 0 Å². The van der Waals surface area contributed by atoms with Gasteiger partial charge in [0.15, 0.2) is 5.78 Å². The van der Waals surface area contributed by atoms with Gasteiger partial charge in [0.1, 0.15) is 5.75 Å². The molecule has 0 aromatic heterocycles. The standard InChI is InChI=1S/C16H14ClNO2/c17-14-9-11(3-8-15(14)18)16(19)10-1-4-12(5-2-10)20-13-6-7-13/h1-5,8-9,13H,6-7,18H2. The molecule has 1 fully saturated rings. The molecule has 1 aliphatic carbocycles. The van der Waals surface area contributed by atoms with Gasteiger partial charge in [-0.05, 0) is 55.3 Å². The Morgan fingerprint density at radius 2 is 1.75 bits per heavy atom. The van der Waals surface area contributed by atoms with Gasteiger partial charge < -0.3 is 10.5 Å². The zero-order chi connectivity index (χ0) is 14.1. The molecule has 2 aromatic rings. The van der Waals surface area contributed by atoms with Crippen LogP contribution in [-0.2, 0) is 0 Å². The molecule has 0 heterocycles. The third kappa shape index (κ3) is 2.78. The third-order valence-electron chi connectivity index (χ3n) is 3.21. The first-order valence-corrected chi connectivity index (χ1v) is 6.88. The van der Waals surface area contributed by atoms with Crippen molar-refractivity contribution in [2.75, 3.05) is 5.73 Å². The number of benzene rings is 2. The van der Waals surface area contributed by atoms with Gasteiger partial charge in [-0.1, -0.05) is 11.6 Å². The number of hydrogen-bond acceptors (Lipinski definition) is 3. The number of rotatable bonds is 4. The Labute approximate surface area is 122 Å². The summed E-state index contributed by atoms with van der Waals surface area (Å²) in [7, 11) is 0. The highest BCUT2D eigenvalue weighted by atomic mass is 35.5. The van der Waals surface area contributed by atoms with Gasteiger partial charge in [-0.25, -0.2) is 0 Å². The lowest BCUT2D eigenvalue weighted by Crippen LogP contribution is -2.02. The molecule has 0 unspecified atom stereocenters. The van der Waals surface area contributed by atoms with E-state index in [-0.39, 0.29) is 5.78 Å². The maximum atomic E-state index is 12.3. The molecule has 102 valence electrons. The van der Waals surface area contributed by atoms with Crippen LogP contribution in [0.5, 0.6) is 5.75 Å². The summed E-state index contributed by atoms with van der Waals surface area (Å²) in [5.74, 6) is 0.726. The van der Waals surface area contributed by atoms with E-state index >= 15 is 0 Å². The summed E-state index contributed by atoms with van der Waals surface area (Å²) in [5.41, 5.74) is 7.24. The summed E-state index contributed by atoms with van der Waals surface area (Å²) >= 11 is 5.94. The van der Waals surface area contributed by atoms with Gasteiger partial charge in [0.05, 0.1) is 16.8 Å². The van der Waals surface area contributed by atoms with E-state index in [9.17, 15) is 4.79 Å². The lowest BCUT2D eigenvalue weighted by Gasteiger charge is -2.06. The second kappa shape index (κ2) is 5.17. The largest absolute Gasteiger partial charge is 0.490 e. The van der Waals surface area contributed by atoms with Crippen molar-refractivity contribution >= 4 is 23.1 Å². The predicted molar refractivity (Wildman–Crippen MR) is 79.4 cm³/mol. The second-order valence-corrected chi connectivity index (χ2v) is 5.31. The van der Waals surface area contributed by atoms with Crippen LogP contribution in [0.1, 0.15) is 28.8 Å². The van der Waals surface area contributed by atoms with Gasteiger partial charge in [-0.15, -0.1) is 0 Å². The van der Waals surface area contributed by atoms with E-state index in [1.165, 1.54) is 0 Å². The lowest BCUT2D eigenvalue weighted by atomic mass is 10.0. The molecule has 3 nitrogen and oxygen atoms in total. The van der Waals surface area contributed by atoms with E-state index in [2.05, 4.69) is 0 Å². The second-order valence-electron chi connectivity index (χ2n) is 4.91. The summed E-state index contributed by atoms with van der Waals surface area (Å²) < 4.78 is 5.65. The minimum absolute atomic E-state index is 0.0788. The Hall–Kier alpha value is -2.00. The summed E-state index contributed by atoms with van der Waals surface area (Å²) in [6, 6.07) is 12.1. The molecular formula is C16H14ClNO2. The van der Waals surface area contributed by atoms with Crippen LogP contribution in [-0.4, -0.2) is 11.9 Å². The van der Waals surface area contributed by atoms with Gasteiger partial charge in [0.2, 0.25) is 0 Å². The van der Waals surface area contributed by atoms with Crippen LogP contribution < -0.4 is 10.5 Å². The molecule has 0 atom stereocenters. The number of ketones is 1. The first kappa shape index (κ1) is 13.0. The molecule has 2 aromatic carbocycles. The molecule has 0 amide bonds. The van der Waals surface area contributed by atoms with Crippen molar-refractivity contribution in [2.45, 2.75) is 18.9 Å². The predicted octanol–water partition coefficient (Wildman–Crippen LogP) is 3.69. The van der Waals surface area contributed by atoms with Gasteiger partial charge in [-0.3, -0.25) is 4.79 Å². The zero-order valence-corrected chi connectivity index (χ0v) is 11.6. The number of nitrogen functional groups attached to an aromatic ring is 1. The minimum atomic E-state index is -0.0788. The lowest BCUT2D eigenvalue weighted by molar-refractivity contribution is 0.103. The monoisotopic (exact) mass is 287 g/mol. The fourth-order valence-electron chi connectivity index (χ4n) is 1.90. The number of carbonyl (C=O) groups excluding carboxylic acids is 1. The van der Waals surface area contributed by atoms with Crippen LogP contribution in [0.25, 0.3) is 0 Å². The van der Waals surface area contributed by atoms with E-state index < -0.39 is 0 Å². The first-order chi connectivity index (χ1) is 9.63. The molecule has 4 heteroatoms. The van der Waals surface area contributed by atoms with Crippen molar-refractivity contribution in [3.8, 4) is 5.75 Å². The molecule has 0 saturated heterocycles. The molecule has 1 aliphatic rings. The maximum absolute atomic E-state index is 12.3. The van der Waals surface area contributed by atoms with Gasteiger partial charge in [0, 0.05) is 11.1 Å². The molecule has 0 bridgehead atoms. The summed E-state index contributed by atoms with van der Waals surface area (Å²) in [6.45, 7) is 0. The fraction of sp³-hybridized carbons (Fsp3) is 0.188. The van der Waals surface area contributed by atoms with E-state index in [1.54, 1.807) is 30.3 Å².